The van der Waals surface area contributed by atoms with Gasteiger partial charge in [0.15, 0.2) is 5.01 Å². The second-order valence-electron chi connectivity index (χ2n) is 10.1. The molecule has 0 radical (unpaired) electrons. The van der Waals surface area contributed by atoms with Crippen LogP contribution in [0.15, 0.2) is 71.3 Å². The van der Waals surface area contributed by atoms with Crippen molar-refractivity contribution in [2.45, 2.75) is 38.3 Å². The second kappa shape index (κ2) is 13.9. The average molecular weight is 600 g/mol. The number of nitrogens with one attached hydrogen (secondary N) is 5. The molecule has 1 aliphatic heterocycles. The number of aliphatic imine (C=N–C) groups is 1. The molecular formula is C31H33N7O4S. The van der Waals surface area contributed by atoms with Crippen LogP contribution in [0.1, 0.15) is 39.8 Å². The maximum atomic E-state index is 13.3. The number of amides is 3. The Balaban J connectivity index is 1.25. The minimum absolute atomic E-state index is 0.208. The van der Waals surface area contributed by atoms with E-state index in [1.165, 1.54) is 11.3 Å². The van der Waals surface area contributed by atoms with Crippen LogP contribution in [0.5, 0.6) is 0 Å². The average Bonchev–Trinajstić information content (AvgIpc) is 3.82. The van der Waals surface area contributed by atoms with Crippen LogP contribution in [-0.2, 0) is 27.2 Å². The van der Waals surface area contributed by atoms with Gasteiger partial charge in [0.1, 0.15) is 11.9 Å². The van der Waals surface area contributed by atoms with Gasteiger partial charge < -0.3 is 26.3 Å². The van der Waals surface area contributed by atoms with Gasteiger partial charge in [-0.15, -0.1) is 11.3 Å². The summed E-state index contributed by atoms with van der Waals surface area (Å²) in [7, 11) is 0. The zero-order valence-electron chi connectivity index (χ0n) is 23.7. The Bertz CT molecular complexity index is 1650. The third kappa shape index (κ3) is 7.52. The molecule has 222 valence electrons. The number of ketones is 1. The number of amidine groups is 1. The van der Waals surface area contributed by atoms with Crippen molar-refractivity contribution in [1.29, 1.82) is 0 Å². The monoisotopic (exact) mass is 599 g/mol. The van der Waals surface area contributed by atoms with Gasteiger partial charge in [0, 0.05) is 60.0 Å². The number of H-pyrrole nitrogens is 1. The molecule has 2 aromatic carbocycles. The van der Waals surface area contributed by atoms with Crippen molar-refractivity contribution < 1.29 is 19.2 Å². The molecule has 4 aromatic rings. The highest BCUT2D eigenvalue weighted by atomic mass is 32.1. The fraction of sp³-hybridized carbons (Fsp3) is 0.290. The Kier molecular flexibility index (Phi) is 9.57. The quantitative estimate of drug-likeness (QED) is 0.148. The molecule has 5 N–H and O–H groups in total. The van der Waals surface area contributed by atoms with Crippen molar-refractivity contribution in [1.82, 2.24) is 31.2 Å². The number of para-hydroxylation sites is 1. The first-order chi connectivity index (χ1) is 20.9. The van der Waals surface area contributed by atoms with Crippen LogP contribution in [-0.4, -0.2) is 71.0 Å². The fourth-order valence-corrected chi connectivity index (χ4v) is 5.57. The third-order valence-corrected chi connectivity index (χ3v) is 7.89. The molecule has 0 bridgehead atoms. The maximum Gasteiger partial charge on any atom is 0.243 e. The van der Waals surface area contributed by atoms with Gasteiger partial charge in [0.05, 0.1) is 19.1 Å². The van der Waals surface area contributed by atoms with Crippen LogP contribution in [0.4, 0.5) is 0 Å². The summed E-state index contributed by atoms with van der Waals surface area (Å²) in [5, 5.41) is 14.4. The number of Topliss-reactive ketones (excluding diaryl/α,β-unsaturated/α-hetero) is 1. The molecule has 5 rings (SSSR count). The minimum Gasteiger partial charge on any atom is -0.368 e. The Morgan fingerprint density at radius 1 is 1.00 bits per heavy atom. The van der Waals surface area contributed by atoms with E-state index in [0.717, 1.165) is 40.0 Å². The Morgan fingerprint density at radius 3 is 2.60 bits per heavy atom. The molecule has 2 aromatic heterocycles. The van der Waals surface area contributed by atoms with Gasteiger partial charge in [-0.05, 0) is 23.3 Å². The fourth-order valence-electron chi connectivity index (χ4n) is 4.94. The standard InChI is InChI=1S/C31H33N7O4S/c1-2-26(39)38-25(15-19-6-5-7-20(14-19)29-32-10-11-33-29)30(42)36-18-27(40)37-24(28(41)31-34-12-13-43-31)16-21-17-35-23-9-4-3-8-22(21)23/h3-9,12-14,17,24-25,35H,2,10-11,15-16,18H2,1H3,(H,32,33)(H,36,42)(H,37,40)(H,38,39). The molecule has 0 saturated heterocycles. The summed E-state index contributed by atoms with van der Waals surface area (Å²) in [5.41, 5.74) is 3.54. The molecule has 12 heteroatoms. The van der Waals surface area contributed by atoms with Crippen LogP contribution >= 0.6 is 11.3 Å². The molecule has 3 heterocycles. The largest absolute Gasteiger partial charge is 0.368 e. The molecule has 0 saturated carbocycles. The molecule has 3 amide bonds. The number of hydrogen-bond donors (Lipinski definition) is 5. The van der Waals surface area contributed by atoms with Crippen LogP contribution in [0, 0.1) is 0 Å². The third-order valence-electron chi connectivity index (χ3n) is 7.10. The maximum absolute atomic E-state index is 13.3. The van der Waals surface area contributed by atoms with Gasteiger partial charge in [-0.3, -0.25) is 24.2 Å². The summed E-state index contributed by atoms with van der Waals surface area (Å²) in [4.78, 5) is 63.6. The Hall–Kier alpha value is -4.84. The number of thiazole rings is 1. The van der Waals surface area contributed by atoms with E-state index in [4.69, 9.17) is 0 Å². The number of nitrogens with zero attached hydrogens (tertiary/aromatic N) is 2. The molecule has 0 spiro atoms. The number of fused-ring (bicyclic) bond motifs is 1. The lowest BCUT2D eigenvalue weighted by molar-refractivity contribution is -0.130. The summed E-state index contributed by atoms with van der Waals surface area (Å²) in [5.74, 6) is -0.828. The normalized spacial score (nSPS) is 13.9. The minimum atomic E-state index is -0.895. The molecule has 0 aliphatic carbocycles. The van der Waals surface area contributed by atoms with E-state index < -0.39 is 23.9 Å². The first-order valence-electron chi connectivity index (χ1n) is 14.1. The van der Waals surface area contributed by atoms with Crippen LogP contribution in [0.2, 0.25) is 0 Å². The van der Waals surface area contributed by atoms with Gasteiger partial charge >= 0.3 is 0 Å². The van der Waals surface area contributed by atoms with E-state index in [9.17, 15) is 19.2 Å². The number of benzene rings is 2. The van der Waals surface area contributed by atoms with Crippen molar-refractivity contribution >= 4 is 51.6 Å². The highest BCUT2D eigenvalue weighted by molar-refractivity contribution is 7.11. The summed E-state index contributed by atoms with van der Waals surface area (Å²) in [6.45, 7) is 2.82. The molecular weight excluding hydrogens is 566 g/mol. The lowest BCUT2D eigenvalue weighted by Gasteiger charge is -2.20. The van der Waals surface area contributed by atoms with Crippen molar-refractivity contribution in [3.8, 4) is 0 Å². The number of rotatable bonds is 13. The zero-order valence-corrected chi connectivity index (χ0v) is 24.5. The van der Waals surface area contributed by atoms with Gasteiger partial charge in [0.25, 0.3) is 0 Å². The number of aromatic amines is 1. The van der Waals surface area contributed by atoms with Gasteiger partial charge in [-0.25, -0.2) is 4.98 Å². The number of carbonyl (C=O) groups excluding carboxylic acids is 4. The van der Waals surface area contributed by atoms with E-state index in [1.54, 1.807) is 18.5 Å². The summed E-state index contributed by atoms with van der Waals surface area (Å²) in [6, 6.07) is 13.6. The predicted octanol–water partition coefficient (Wildman–Crippen LogP) is 2.14. The van der Waals surface area contributed by atoms with Crippen LogP contribution in [0.25, 0.3) is 10.9 Å². The highest BCUT2D eigenvalue weighted by Crippen LogP contribution is 2.20. The topological polar surface area (TPSA) is 157 Å². The number of aromatic nitrogens is 2. The smallest absolute Gasteiger partial charge is 0.243 e. The van der Waals surface area contributed by atoms with E-state index in [0.29, 0.717) is 6.54 Å². The second-order valence-corrected chi connectivity index (χ2v) is 11.0. The van der Waals surface area contributed by atoms with E-state index in [2.05, 4.69) is 36.2 Å². The van der Waals surface area contributed by atoms with E-state index >= 15 is 0 Å². The zero-order chi connectivity index (χ0) is 30.2. The summed E-state index contributed by atoms with van der Waals surface area (Å²) >= 11 is 1.20. The van der Waals surface area contributed by atoms with Gasteiger partial charge in [-0.1, -0.05) is 43.3 Å². The van der Waals surface area contributed by atoms with Crippen LogP contribution < -0.4 is 21.3 Å². The SMILES string of the molecule is CCC(=O)NC(Cc1cccc(C2=NCCN2)c1)C(=O)NCC(=O)NC(Cc1c[nH]c2ccccc12)C(=O)c1nccs1. The van der Waals surface area contributed by atoms with Gasteiger partial charge in [-0.2, -0.15) is 0 Å². The number of carbonyl (C=O) groups is 4. The highest BCUT2D eigenvalue weighted by Gasteiger charge is 2.27. The Morgan fingerprint density at radius 2 is 1.84 bits per heavy atom. The molecule has 2 atom stereocenters. The molecule has 11 nitrogen and oxygen atoms in total. The Labute approximate surface area is 252 Å². The van der Waals surface area contributed by atoms with Crippen molar-refractivity contribution in [2.75, 3.05) is 19.6 Å². The van der Waals surface area contributed by atoms with Gasteiger partial charge in [0.2, 0.25) is 23.5 Å². The summed E-state index contributed by atoms with van der Waals surface area (Å²) in [6.07, 6.45) is 4.05. The molecule has 43 heavy (non-hydrogen) atoms. The molecule has 0 fully saturated rings. The molecule has 2 unspecified atom stereocenters. The van der Waals surface area contributed by atoms with Crippen molar-refractivity contribution in [3.05, 3.63) is 88.0 Å². The lowest BCUT2D eigenvalue weighted by Crippen LogP contribution is -2.51. The summed E-state index contributed by atoms with van der Waals surface area (Å²) < 4.78 is 0. The first-order valence-corrected chi connectivity index (χ1v) is 15.0. The molecule has 1 aliphatic rings. The lowest BCUT2D eigenvalue weighted by atomic mass is 10.0. The first kappa shape index (κ1) is 29.6. The van der Waals surface area contributed by atoms with Crippen molar-refractivity contribution in [2.24, 2.45) is 4.99 Å². The van der Waals surface area contributed by atoms with Crippen molar-refractivity contribution in [3.63, 3.8) is 0 Å². The van der Waals surface area contributed by atoms with E-state index in [-0.39, 0.29) is 42.5 Å². The van der Waals surface area contributed by atoms with E-state index in [1.807, 2.05) is 54.7 Å². The number of hydrogen-bond acceptors (Lipinski definition) is 8. The van der Waals surface area contributed by atoms with Crippen LogP contribution in [0.3, 0.4) is 0 Å². The predicted molar refractivity (Wildman–Crippen MR) is 165 cm³/mol.